The normalized spacial score (nSPS) is 26.1. The molecule has 1 aromatic heterocycles. The van der Waals surface area contributed by atoms with E-state index in [1.165, 1.54) is 12.8 Å². The predicted octanol–water partition coefficient (Wildman–Crippen LogP) is 1.51. The van der Waals surface area contributed by atoms with E-state index >= 15 is 0 Å². The lowest BCUT2D eigenvalue weighted by atomic mass is 10.1. The smallest absolute Gasteiger partial charge is 0.231 e. The van der Waals surface area contributed by atoms with Gasteiger partial charge in [-0.2, -0.15) is 15.0 Å². The molecule has 3 heterocycles. The molecule has 0 aromatic carbocycles. The zero-order chi connectivity index (χ0) is 15.0. The highest BCUT2D eigenvalue weighted by Gasteiger charge is 2.33. The van der Waals surface area contributed by atoms with Crippen molar-refractivity contribution < 1.29 is 0 Å². The molecular formula is C14H23ClN6. The fourth-order valence-electron chi connectivity index (χ4n) is 3.31. The number of hydrogen-bond acceptors (Lipinski definition) is 6. The van der Waals surface area contributed by atoms with Crippen LogP contribution in [0.3, 0.4) is 0 Å². The third-order valence-corrected chi connectivity index (χ3v) is 4.66. The first-order chi connectivity index (χ1) is 10.0. The summed E-state index contributed by atoms with van der Waals surface area (Å²) in [5, 5.41) is 0.294. The topological polar surface area (TPSA) is 48.4 Å². The van der Waals surface area contributed by atoms with Crippen molar-refractivity contribution in [2.24, 2.45) is 5.92 Å². The van der Waals surface area contributed by atoms with Gasteiger partial charge in [0.1, 0.15) is 0 Å². The van der Waals surface area contributed by atoms with E-state index in [1.807, 2.05) is 0 Å². The van der Waals surface area contributed by atoms with Gasteiger partial charge in [0, 0.05) is 32.2 Å². The van der Waals surface area contributed by atoms with Gasteiger partial charge in [0.05, 0.1) is 0 Å². The number of likely N-dealkylation sites (N-methyl/N-ethyl adjacent to an activating group) is 1. The Morgan fingerprint density at radius 2 is 1.62 bits per heavy atom. The molecule has 6 nitrogen and oxygen atoms in total. The number of halogens is 1. The lowest BCUT2D eigenvalue weighted by Crippen LogP contribution is -2.34. The Hall–Kier alpha value is -1.14. The first-order valence-electron chi connectivity index (χ1n) is 7.62. The van der Waals surface area contributed by atoms with E-state index in [-0.39, 0.29) is 0 Å². The monoisotopic (exact) mass is 310 g/mol. The van der Waals surface area contributed by atoms with Crippen LogP contribution in [0.5, 0.6) is 0 Å². The van der Waals surface area contributed by atoms with E-state index in [9.17, 15) is 0 Å². The molecule has 7 heteroatoms. The summed E-state index contributed by atoms with van der Waals surface area (Å²) < 4.78 is 0. The molecule has 2 saturated heterocycles. The van der Waals surface area contributed by atoms with E-state index in [2.05, 4.69) is 50.7 Å². The van der Waals surface area contributed by atoms with E-state index < -0.39 is 0 Å². The minimum atomic E-state index is 0.294. The Labute approximate surface area is 131 Å². The molecule has 0 bridgehead atoms. The molecule has 0 radical (unpaired) electrons. The van der Waals surface area contributed by atoms with Crippen molar-refractivity contribution in [1.82, 2.24) is 19.9 Å². The van der Waals surface area contributed by atoms with Crippen LogP contribution < -0.4 is 9.80 Å². The molecule has 3 rings (SSSR count). The Bertz CT molecular complexity index is 502. The van der Waals surface area contributed by atoms with Crippen LogP contribution in [-0.2, 0) is 0 Å². The SMILES string of the molecule is CC1CN(c2nc(Cl)nc(N3CCCC3)n2)CC1N(C)C. The second kappa shape index (κ2) is 5.93. The highest BCUT2D eigenvalue weighted by Crippen LogP contribution is 2.26. The van der Waals surface area contributed by atoms with Crippen LogP contribution in [0, 0.1) is 5.92 Å². The molecule has 0 spiro atoms. The summed E-state index contributed by atoms with van der Waals surface area (Å²) in [6.07, 6.45) is 2.39. The molecule has 2 aliphatic rings. The van der Waals surface area contributed by atoms with E-state index in [4.69, 9.17) is 11.6 Å². The van der Waals surface area contributed by atoms with Gasteiger partial charge in [-0.05, 0) is 44.5 Å². The number of hydrogen-bond donors (Lipinski definition) is 0. The molecule has 2 aliphatic heterocycles. The van der Waals surface area contributed by atoms with Crippen LogP contribution in [0.1, 0.15) is 19.8 Å². The van der Waals surface area contributed by atoms with Gasteiger partial charge >= 0.3 is 0 Å². The Kier molecular flexibility index (Phi) is 4.17. The summed E-state index contributed by atoms with van der Waals surface area (Å²) in [7, 11) is 4.25. The van der Waals surface area contributed by atoms with Gasteiger partial charge in [0.2, 0.25) is 17.2 Å². The molecule has 2 unspecified atom stereocenters. The predicted molar refractivity (Wildman–Crippen MR) is 85.1 cm³/mol. The highest BCUT2D eigenvalue weighted by molar-refractivity contribution is 6.28. The van der Waals surface area contributed by atoms with E-state index in [0.29, 0.717) is 23.2 Å². The zero-order valence-electron chi connectivity index (χ0n) is 13.0. The first kappa shape index (κ1) is 14.8. The first-order valence-corrected chi connectivity index (χ1v) is 8.00. The summed E-state index contributed by atoms with van der Waals surface area (Å²) in [5.41, 5.74) is 0. The van der Waals surface area contributed by atoms with Crippen molar-refractivity contribution in [2.75, 3.05) is 50.1 Å². The van der Waals surface area contributed by atoms with Crippen LogP contribution in [0.2, 0.25) is 5.28 Å². The molecular weight excluding hydrogens is 288 g/mol. The van der Waals surface area contributed by atoms with Gasteiger partial charge in [-0.15, -0.1) is 0 Å². The van der Waals surface area contributed by atoms with Gasteiger partial charge in [-0.25, -0.2) is 0 Å². The number of aromatic nitrogens is 3. The molecule has 21 heavy (non-hydrogen) atoms. The lowest BCUT2D eigenvalue weighted by Gasteiger charge is -2.22. The van der Waals surface area contributed by atoms with Crippen molar-refractivity contribution in [3.8, 4) is 0 Å². The minimum Gasteiger partial charge on any atom is -0.341 e. The van der Waals surface area contributed by atoms with Crippen molar-refractivity contribution >= 4 is 23.5 Å². The van der Waals surface area contributed by atoms with Crippen LogP contribution >= 0.6 is 11.6 Å². The average Bonchev–Trinajstić information content (AvgIpc) is 3.06. The quantitative estimate of drug-likeness (QED) is 0.843. The van der Waals surface area contributed by atoms with Crippen molar-refractivity contribution in [3.05, 3.63) is 5.28 Å². The summed E-state index contributed by atoms with van der Waals surface area (Å²) in [6.45, 7) is 6.19. The van der Waals surface area contributed by atoms with E-state index in [0.717, 1.165) is 32.1 Å². The summed E-state index contributed by atoms with van der Waals surface area (Å²) in [4.78, 5) is 20.0. The lowest BCUT2D eigenvalue weighted by molar-refractivity contribution is 0.266. The standard InChI is InChI=1S/C14H23ClN6/c1-10-8-21(9-11(10)19(2)3)14-17-12(15)16-13(18-14)20-6-4-5-7-20/h10-11H,4-9H2,1-3H3. The Morgan fingerprint density at radius 1 is 1.00 bits per heavy atom. The maximum Gasteiger partial charge on any atom is 0.231 e. The molecule has 2 atom stereocenters. The molecule has 116 valence electrons. The Balaban J connectivity index is 1.82. The van der Waals surface area contributed by atoms with Crippen molar-refractivity contribution in [3.63, 3.8) is 0 Å². The molecule has 0 saturated carbocycles. The van der Waals surface area contributed by atoms with Crippen LogP contribution in [0.15, 0.2) is 0 Å². The zero-order valence-corrected chi connectivity index (χ0v) is 13.7. The van der Waals surface area contributed by atoms with Crippen molar-refractivity contribution in [2.45, 2.75) is 25.8 Å². The van der Waals surface area contributed by atoms with Crippen LogP contribution in [0.25, 0.3) is 0 Å². The van der Waals surface area contributed by atoms with Crippen LogP contribution in [0.4, 0.5) is 11.9 Å². The molecule has 0 amide bonds. The number of anilines is 2. The fourth-order valence-corrected chi connectivity index (χ4v) is 3.47. The summed E-state index contributed by atoms with van der Waals surface area (Å²) in [5.74, 6) is 2.03. The third-order valence-electron chi connectivity index (χ3n) is 4.49. The van der Waals surface area contributed by atoms with Gasteiger partial charge in [0.25, 0.3) is 0 Å². The van der Waals surface area contributed by atoms with Gasteiger partial charge in [-0.3, -0.25) is 0 Å². The largest absolute Gasteiger partial charge is 0.341 e. The second-order valence-electron chi connectivity index (χ2n) is 6.31. The number of nitrogens with zero attached hydrogens (tertiary/aromatic N) is 6. The van der Waals surface area contributed by atoms with Gasteiger partial charge in [-0.1, -0.05) is 6.92 Å². The molecule has 2 fully saturated rings. The summed E-state index contributed by atoms with van der Waals surface area (Å²) in [6, 6.07) is 0.524. The minimum absolute atomic E-state index is 0.294. The van der Waals surface area contributed by atoms with E-state index in [1.54, 1.807) is 0 Å². The average molecular weight is 311 g/mol. The van der Waals surface area contributed by atoms with Crippen LogP contribution in [-0.4, -0.2) is 66.2 Å². The van der Waals surface area contributed by atoms with Crippen molar-refractivity contribution in [1.29, 1.82) is 0 Å². The Morgan fingerprint density at radius 3 is 2.19 bits per heavy atom. The highest BCUT2D eigenvalue weighted by atomic mass is 35.5. The maximum absolute atomic E-state index is 6.12. The third kappa shape index (κ3) is 3.06. The van der Waals surface area contributed by atoms with Gasteiger partial charge in [0.15, 0.2) is 0 Å². The molecule has 0 aliphatic carbocycles. The number of rotatable bonds is 3. The fraction of sp³-hybridized carbons (Fsp3) is 0.786. The second-order valence-corrected chi connectivity index (χ2v) is 6.65. The summed E-state index contributed by atoms with van der Waals surface area (Å²) >= 11 is 6.12. The molecule has 0 N–H and O–H groups in total. The molecule has 1 aromatic rings. The van der Waals surface area contributed by atoms with Gasteiger partial charge < -0.3 is 14.7 Å². The maximum atomic E-state index is 6.12.